The first-order valence-corrected chi connectivity index (χ1v) is 7.06. The number of amides is 1. The number of amidine groups is 1. The smallest absolute Gasteiger partial charge is 0.259 e. The molecule has 0 bridgehead atoms. The van der Waals surface area contributed by atoms with E-state index in [2.05, 4.69) is 22.1 Å². The third kappa shape index (κ3) is 1.73. The van der Waals surface area contributed by atoms with Crippen molar-refractivity contribution in [1.82, 2.24) is 15.2 Å². The number of nitrogens with zero attached hydrogens (tertiary/aromatic N) is 3. The number of aromatic nitrogens is 1. The lowest BCUT2D eigenvalue weighted by molar-refractivity contribution is 0.0967. The molecule has 4 rings (SSSR count). The Kier molecular flexibility index (Phi) is 2.42. The van der Waals surface area contributed by atoms with Crippen LogP contribution in [-0.4, -0.2) is 34.2 Å². The minimum absolute atomic E-state index is 0.112. The molecule has 0 saturated heterocycles. The van der Waals surface area contributed by atoms with Crippen LogP contribution in [0.3, 0.4) is 0 Å². The summed E-state index contributed by atoms with van der Waals surface area (Å²) >= 11 is 0. The van der Waals surface area contributed by atoms with Crippen LogP contribution in [0.15, 0.2) is 34.6 Å². The van der Waals surface area contributed by atoms with E-state index in [0.717, 1.165) is 24.5 Å². The number of carbonyl (C=O) groups is 1. The summed E-state index contributed by atoms with van der Waals surface area (Å²) in [5.41, 5.74) is 2.62. The van der Waals surface area contributed by atoms with Gasteiger partial charge in [0.05, 0.1) is 11.3 Å². The van der Waals surface area contributed by atoms with E-state index in [-0.39, 0.29) is 5.91 Å². The normalized spacial score (nSPS) is 21.8. The van der Waals surface area contributed by atoms with Gasteiger partial charge in [0.15, 0.2) is 11.7 Å². The van der Waals surface area contributed by atoms with Crippen molar-refractivity contribution in [3.8, 4) is 0 Å². The Hall–Kier alpha value is -2.17. The van der Waals surface area contributed by atoms with Crippen LogP contribution in [0.2, 0.25) is 0 Å². The molecule has 1 aromatic rings. The van der Waals surface area contributed by atoms with E-state index >= 15 is 0 Å². The van der Waals surface area contributed by atoms with Crippen LogP contribution in [0.5, 0.6) is 0 Å². The predicted octanol–water partition coefficient (Wildman–Crippen LogP) is 2.00. The lowest BCUT2D eigenvalue weighted by Crippen LogP contribution is -2.43. The highest BCUT2D eigenvalue weighted by Crippen LogP contribution is 2.34. The van der Waals surface area contributed by atoms with Crippen LogP contribution >= 0.6 is 0 Å². The zero-order chi connectivity index (χ0) is 13.7. The average Bonchev–Trinajstić information content (AvgIpc) is 3.27. The molecule has 3 aliphatic rings. The van der Waals surface area contributed by atoms with E-state index in [1.807, 2.05) is 0 Å². The first-order valence-electron chi connectivity index (χ1n) is 7.06. The highest BCUT2D eigenvalue weighted by atomic mass is 16.1. The van der Waals surface area contributed by atoms with Crippen LogP contribution in [-0.2, 0) is 0 Å². The second-order valence-corrected chi connectivity index (χ2v) is 5.59. The maximum absolute atomic E-state index is 12.3. The van der Waals surface area contributed by atoms with Crippen LogP contribution in [0, 0.1) is 0 Å². The van der Waals surface area contributed by atoms with Gasteiger partial charge in [-0.05, 0) is 43.9 Å². The molecule has 2 aliphatic heterocycles. The van der Waals surface area contributed by atoms with E-state index in [0.29, 0.717) is 17.4 Å². The molecule has 1 fully saturated rings. The summed E-state index contributed by atoms with van der Waals surface area (Å²) in [6.07, 6.45) is 5.10. The molecule has 0 unspecified atom stereocenters. The number of rotatable bonds is 1. The summed E-state index contributed by atoms with van der Waals surface area (Å²) in [5, 5.41) is 3.03. The third-order valence-electron chi connectivity index (χ3n) is 4.12. The van der Waals surface area contributed by atoms with Crippen molar-refractivity contribution in [2.75, 3.05) is 6.54 Å². The molecule has 0 radical (unpaired) electrons. The molecule has 5 nitrogen and oxygen atoms in total. The first kappa shape index (κ1) is 11.6. The SMILES string of the molecule is CC1=C2NC(=O)c3cccnc3N=C2N(C2CC2)CC1. The van der Waals surface area contributed by atoms with E-state index in [9.17, 15) is 4.79 Å². The highest BCUT2D eigenvalue weighted by molar-refractivity contribution is 6.11. The molecule has 0 spiro atoms. The Bertz CT molecular complexity index is 658. The minimum atomic E-state index is -0.112. The first-order chi connectivity index (χ1) is 9.74. The van der Waals surface area contributed by atoms with Gasteiger partial charge in [-0.3, -0.25) is 4.79 Å². The summed E-state index contributed by atoms with van der Waals surface area (Å²) in [4.78, 5) is 23.6. The molecular formula is C15H16N4O. The van der Waals surface area contributed by atoms with Gasteiger partial charge in [0.1, 0.15) is 0 Å². The van der Waals surface area contributed by atoms with Gasteiger partial charge >= 0.3 is 0 Å². The topological polar surface area (TPSA) is 57.6 Å². The fraction of sp³-hybridized carbons (Fsp3) is 0.400. The molecule has 1 aliphatic carbocycles. The van der Waals surface area contributed by atoms with Crippen molar-refractivity contribution < 1.29 is 4.79 Å². The lowest BCUT2D eigenvalue weighted by Gasteiger charge is -2.32. The van der Waals surface area contributed by atoms with Crippen molar-refractivity contribution in [1.29, 1.82) is 0 Å². The molecule has 0 aromatic carbocycles. The van der Waals surface area contributed by atoms with Crippen molar-refractivity contribution in [2.45, 2.75) is 32.2 Å². The second kappa shape index (κ2) is 4.16. The molecule has 1 N–H and O–H groups in total. The van der Waals surface area contributed by atoms with E-state index < -0.39 is 0 Å². The van der Waals surface area contributed by atoms with Gasteiger partial charge in [-0.15, -0.1) is 0 Å². The molecule has 1 amide bonds. The zero-order valence-corrected chi connectivity index (χ0v) is 11.4. The number of pyridine rings is 1. The molecule has 20 heavy (non-hydrogen) atoms. The molecule has 102 valence electrons. The van der Waals surface area contributed by atoms with Gasteiger partial charge in [0.25, 0.3) is 5.91 Å². The van der Waals surface area contributed by atoms with Crippen LogP contribution in [0.1, 0.15) is 36.5 Å². The maximum atomic E-state index is 12.3. The fourth-order valence-electron chi connectivity index (χ4n) is 2.82. The number of hydrogen-bond acceptors (Lipinski definition) is 4. The van der Waals surface area contributed by atoms with Crippen molar-refractivity contribution >= 4 is 17.6 Å². The largest absolute Gasteiger partial charge is 0.352 e. The van der Waals surface area contributed by atoms with Gasteiger partial charge in [0, 0.05) is 18.8 Å². The zero-order valence-electron chi connectivity index (χ0n) is 11.4. The number of aliphatic imine (C=N–C) groups is 1. The van der Waals surface area contributed by atoms with Crippen molar-refractivity contribution in [3.05, 3.63) is 35.2 Å². The second-order valence-electron chi connectivity index (χ2n) is 5.59. The summed E-state index contributed by atoms with van der Waals surface area (Å²) in [5.74, 6) is 1.30. The summed E-state index contributed by atoms with van der Waals surface area (Å²) in [6, 6.07) is 4.13. The van der Waals surface area contributed by atoms with E-state index in [1.165, 1.54) is 18.4 Å². The van der Waals surface area contributed by atoms with E-state index in [4.69, 9.17) is 4.99 Å². The fourth-order valence-corrected chi connectivity index (χ4v) is 2.82. The van der Waals surface area contributed by atoms with Gasteiger partial charge in [-0.1, -0.05) is 0 Å². The molecule has 5 heteroatoms. The molecular weight excluding hydrogens is 252 g/mol. The number of hydrogen-bond donors (Lipinski definition) is 1. The van der Waals surface area contributed by atoms with E-state index in [1.54, 1.807) is 18.3 Å². The average molecular weight is 268 g/mol. The minimum Gasteiger partial charge on any atom is -0.352 e. The Morgan fingerprint density at radius 2 is 2.25 bits per heavy atom. The lowest BCUT2D eigenvalue weighted by atomic mass is 10.1. The van der Waals surface area contributed by atoms with Gasteiger partial charge in [0.2, 0.25) is 0 Å². The molecule has 1 saturated carbocycles. The Morgan fingerprint density at radius 1 is 1.40 bits per heavy atom. The molecule has 3 heterocycles. The van der Waals surface area contributed by atoms with Gasteiger partial charge in [-0.2, -0.15) is 0 Å². The summed E-state index contributed by atoms with van der Waals surface area (Å²) < 4.78 is 0. The highest BCUT2D eigenvalue weighted by Gasteiger charge is 2.37. The predicted molar refractivity (Wildman–Crippen MR) is 75.8 cm³/mol. The number of fused-ring (bicyclic) bond motifs is 2. The number of nitrogens with one attached hydrogen (secondary N) is 1. The summed E-state index contributed by atoms with van der Waals surface area (Å²) in [7, 11) is 0. The standard InChI is InChI=1S/C15H16N4O/c1-9-6-8-19(10-4-5-10)14-12(9)17-15(20)11-3-2-7-16-13(11)18-14/h2-3,7,10H,4-6,8H2,1H3,(H,17,20). The molecule has 0 atom stereocenters. The molecule has 1 aromatic heterocycles. The quantitative estimate of drug-likeness (QED) is 0.847. The van der Waals surface area contributed by atoms with Crippen molar-refractivity contribution in [2.24, 2.45) is 4.99 Å². The Balaban J connectivity index is 1.89. The Morgan fingerprint density at radius 3 is 3.05 bits per heavy atom. The maximum Gasteiger partial charge on any atom is 0.259 e. The van der Waals surface area contributed by atoms with Gasteiger partial charge in [-0.25, -0.2) is 9.98 Å². The van der Waals surface area contributed by atoms with Crippen LogP contribution in [0.25, 0.3) is 0 Å². The monoisotopic (exact) mass is 268 g/mol. The van der Waals surface area contributed by atoms with Crippen LogP contribution in [0.4, 0.5) is 5.82 Å². The Labute approximate surface area is 117 Å². The van der Waals surface area contributed by atoms with Gasteiger partial charge < -0.3 is 10.2 Å². The van der Waals surface area contributed by atoms with Crippen molar-refractivity contribution in [3.63, 3.8) is 0 Å². The summed E-state index contributed by atoms with van der Waals surface area (Å²) in [6.45, 7) is 3.05. The third-order valence-corrected chi connectivity index (χ3v) is 4.12. The number of carbonyl (C=O) groups excluding carboxylic acids is 1. The van der Waals surface area contributed by atoms with Crippen LogP contribution < -0.4 is 5.32 Å².